The molecule has 112 valence electrons. The zero-order valence-electron chi connectivity index (χ0n) is 12.5. The number of nitrogens with zero attached hydrogens (tertiary/aromatic N) is 1. The van der Waals surface area contributed by atoms with Gasteiger partial charge in [-0.2, -0.15) is 0 Å². The molecular formula is C17H21BrN2O. The molecule has 1 aromatic heterocycles. The molecule has 0 bridgehead atoms. The molecule has 0 aliphatic heterocycles. The first-order chi connectivity index (χ1) is 10.2. The molecule has 0 fully saturated rings. The lowest BCUT2D eigenvalue weighted by molar-refractivity contribution is 0.315. The maximum absolute atomic E-state index is 5.97. The Bertz CT molecular complexity index is 560. The van der Waals surface area contributed by atoms with Gasteiger partial charge in [-0.3, -0.25) is 4.98 Å². The van der Waals surface area contributed by atoms with E-state index in [0.717, 1.165) is 23.2 Å². The average Bonchev–Trinajstić information content (AvgIpc) is 2.50. The Kier molecular flexibility index (Phi) is 6.21. The van der Waals surface area contributed by atoms with Crippen LogP contribution in [-0.4, -0.2) is 18.1 Å². The van der Waals surface area contributed by atoms with Crippen molar-refractivity contribution in [2.75, 3.05) is 13.2 Å². The Labute approximate surface area is 134 Å². The number of hydrogen-bond donors (Lipinski definition) is 1. The number of aromatic nitrogens is 1. The summed E-state index contributed by atoms with van der Waals surface area (Å²) in [6.45, 7) is 5.85. The molecule has 0 aliphatic carbocycles. The molecule has 2 aromatic rings. The first-order valence-corrected chi connectivity index (χ1v) is 8.04. The van der Waals surface area contributed by atoms with Crippen LogP contribution in [0.4, 0.5) is 0 Å². The smallest absolute Gasteiger partial charge is 0.124 e. The summed E-state index contributed by atoms with van der Waals surface area (Å²) in [7, 11) is 0. The van der Waals surface area contributed by atoms with Gasteiger partial charge >= 0.3 is 0 Å². The minimum absolute atomic E-state index is 0.265. The van der Waals surface area contributed by atoms with Gasteiger partial charge in [0.2, 0.25) is 0 Å². The Balaban J connectivity index is 2.02. The summed E-state index contributed by atoms with van der Waals surface area (Å²) in [4.78, 5) is 4.12. The van der Waals surface area contributed by atoms with E-state index in [4.69, 9.17) is 4.74 Å². The average molecular weight is 349 g/mol. The van der Waals surface area contributed by atoms with Crippen molar-refractivity contribution in [2.45, 2.75) is 26.3 Å². The lowest BCUT2D eigenvalue weighted by Crippen LogP contribution is -2.18. The highest BCUT2D eigenvalue weighted by molar-refractivity contribution is 9.10. The summed E-state index contributed by atoms with van der Waals surface area (Å²) >= 11 is 3.53. The van der Waals surface area contributed by atoms with Gasteiger partial charge in [0.05, 0.1) is 6.61 Å². The molecule has 4 heteroatoms. The van der Waals surface area contributed by atoms with Crippen molar-refractivity contribution < 1.29 is 4.74 Å². The molecule has 2 rings (SSSR count). The van der Waals surface area contributed by atoms with E-state index in [0.29, 0.717) is 6.61 Å². The predicted molar refractivity (Wildman–Crippen MR) is 89.7 cm³/mol. The zero-order chi connectivity index (χ0) is 15.1. The second-order valence-corrected chi connectivity index (χ2v) is 5.84. The summed E-state index contributed by atoms with van der Waals surface area (Å²) in [5, 5.41) is 3.43. The standard InChI is InChI=1S/C17H21BrN2O/c1-3-20-13(2)16-11-15(18)6-7-17(16)21-10-8-14-5-4-9-19-12-14/h4-7,9,11-13,20H,3,8,10H2,1-2H3. The Morgan fingerprint density at radius 3 is 2.90 bits per heavy atom. The van der Waals surface area contributed by atoms with Crippen LogP contribution < -0.4 is 10.1 Å². The lowest BCUT2D eigenvalue weighted by atomic mass is 10.1. The molecule has 1 unspecified atom stereocenters. The largest absolute Gasteiger partial charge is 0.493 e. The van der Waals surface area contributed by atoms with Crippen LogP contribution in [0.1, 0.15) is 31.0 Å². The highest BCUT2D eigenvalue weighted by atomic mass is 79.9. The maximum atomic E-state index is 5.97. The van der Waals surface area contributed by atoms with Crippen molar-refractivity contribution in [3.05, 3.63) is 58.3 Å². The Morgan fingerprint density at radius 1 is 1.33 bits per heavy atom. The fourth-order valence-electron chi connectivity index (χ4n) is 2.23. The van der Waals surface area contributed by atoms with Gasteiger partial charge in [0, 0.05) is 34.9 Å². The van der Waals surface area contributed by atoms with Gasteiger partial charge < -0.3 is 10.1 Å². The summed E-state index contributed by atoms with van der Waals surface area (Å²) in [5.74, 6) is 0.940. The van der Waals surface area contributed by atoms with Gasteiger partial charge in [-0.25, -0.2) is 0 Å². The SMILES string of the molecule is CCNC(C)c1cc(Br)ccc1OCCc1cccnc1. The van der Waals surface area contributed by atoms with E-state index in [-0.39, 0.29) is 6.04 Å². The molecule has 1 atom stereocenters. The van der Waals surface area contributed by atoms with Crippen LogP contribution in [0.5, 0.6) is 5.75 Å². The van der Waals surface area contributed by atoms with Crippen molar-refractivity contribution in [2.24, 2.45) is 0 Å². The first kappa shape index (κ1) is 16.0. The van der Waals surface area contributed by atoms with E-state index in [1.54, 1.807) is 6.20 Å². The van der Waals surface area contributed by atoms with Gasteiger partial charge in [0.15, 0.2) is 0 Å². The third-order valence-electron chi connectivity index (χ3n) is 3.32. The molecule has 1 heterocycles. The molecule has 0 radical (unpaired) electrons. The molecule has 1 aromatic carbocycles. The number of pyridine rings is 1. The molecule has 0 amide bonds. The lowest BCUT2D eigenvalue weighted by Gasteiger charge is -2.18. The second-order valence-electron chi connectivity index (χ2n) is 4.92. The Morgan fingerprint density at radius 2 is 2.19 bits per heavy atom. The van der Waals surface area contributed by atoms with Crippen LogP contribution in [0.3, 0.4) is 0 Å². The third-order valence-corrected chi connectivity index (χ3v) is 3.81. The van der Waals surface area contributed by atoms with Crippen molar-refractivity contribution in [3.8, 4) is 5.75 Å². The van der Waals surface area contributed by atoms with Crippen molar-refractivity contribution in [3.63, 3.8) is 0 Å². The number of halogens is 1. The molecular weight excluding hydrogens is 328 g/mol. The highest BCUT2D eigenvalue weighted by Crippen LogP contribution is 2.28. The Hall–Kier alpha value is -1.39. The van der Waals surface area contributed by atoms with Crippen LogP contribution in [0.2, 0.25) is 0 Å². The number of ether oxygens (including phenoxy) is 1. The number of rotatable bonds is 7. The van der Waals surface area contributed by atoms with Gasteiger partial charge in [-0.05, 0) is 43.3 Å². The van der Waals surface area contributed by atoms with E-state index in [2.05, 4.69) is 52.2 Å². The van der Waals surface area contributed by atoms with E-state index < -0.39 is 0 Å². The third kappa shape index (κ3) is 4.83. The summed E-state index contributed by atoms with van der Waals surface area (Å²) < 4.78 is 7.05. The number of benzene rings is 1. The van der Waals surface area contributed by atoms with Gasteiger partial charge in [0.1, 0.15) is 5.75 Å². The van der Waals surface area contributed by atoms with Crippen molar-refractivity contribution in [1.29, 1.82) is 0 Å². The van der Waals surface area contributed by atoms with Crippen LogP contribution in [-0.2, 0) is 6.42 Å². The van der Waals surface area contributed by atoms with Crippen molar-refractivity contribution >= 4 is 15.9 Å². The van der Waals surface area contributed by atoms with E-state index in [1.807, 2.05) is 24.4 Å². The van der Waals surface area contributed by atoms with Gasteiger partial charge in [-0.1, -0.05) is 28.9 Å². The molecule has 0 spiro atoms. The number of hydrogen-bond acceptors (Lipinski definition) is 3. The monoisotopic (exact) mass is 348 g/mol. The van der Waals surface area contributed by atoms with Crippen molar-refractivity contribution in [1.82, 2.24) is 10.3 Å². The van der Waals surface area contributed by atoms with E-state index in [1.165, 1.54) is 11.1 Å². The first-order valence-electron chi connectivity index (χ1n) is 7.25. The fraction of sp³-hybridized carbons (Fsp3) is 0.353. The predicted octanol–water partition coefficient (Wildman–Crippen LogP) is 4.14. The van der Waals surface area contributed by atoms with E-state index >= 15 is 0 Å². The quantitative estimate of drug-likeness (QED) is 0.816. The van der Waals surface area contributed by atoms with Crippen LogP contribution in [0, 0.1) is 0 Å². The molecule has 1 N–H and O–H groups in total. The van der Waals surface area contributed by atoms with Gasteiger partial charge in [-0.15, -0.1) is 0 Å². The molecule has 0 aliphatic rings. The fourth-order valence-corrected chi connectivity index (χ4v) is 2.61. The molecule has 0 saturated carbocycles. The summed E-state index contributed by atoms with van der Waals surface area (Å²) in [5.41, 5.74) is 2.37. The molecule has 3 nitrogen and oxygen atoms in total. The van der Waals surface area contributed by atoms with Crippen LogP contribution >= 0.6 is 15.9 Å². The van der Waals surface area contributed by atoms with Crippen LogP contribution in [0.25, 0.3) is 0 Å². The second kappa shape index (κ2) is 8.15. The highest BCUT2D eigenvalue weighted by Gasteiger charge is 2.11. The van der Waals surface area contributed by atoms with Crippen LogP contribution in [0.15, 0.2) is 47.2 Å². The minimum Gasteiger partial charge on any atom is -0.493 e. The molecule has 0 saturated heterocycles. The number of nitrogens with one attached hydrogen (secondary N) is 1. The van der Waals surface area contributed by atoms with Gasteiger partial charge in [0.25, 0.3) is 0 Å². The maximum Gasteiger partial charge on any atom is 0.124 e. The zero-order valence-corrected chi connectivity index (χ0v) is 14.1. The molecule has 21 heavy (non-hydrogen) atoms. The topological polar surface area (TPSA) is 34.1 Å². The minimum atomic E-state index is 0.265. The summed E-state index contributed by atoms with van der Waals surface area (Å²) in [6.07, 6.45) is 4.53. The van der Waals surface area contributed by atoms with E-state index in [9.17, 15) is 0 Å². The normalized spacial score (nSPS) is 12.1. The summed E-state index contributed by atoms with van der Waals surface area (Å²) in [6, 6.07) is 10.4.